The van der Waals surface area contributed by atoms with Gasteiger partial charge in [0.15, 0.2) is 17.0 Å². The predicted molar refractivity (Wildman–Crippen MR) is 124 cm³/mol. The molecule has 0 saturated carbocycles. The molecule has 0 bridgehead atoms. The topological polar surface area (TPSA) is 101 Å². The van der Waals surface area contributed by atoms with E-state index in [1.165, 1.54) is 6.92 Å². The van der Waals surface area contributed by atoms with E-state index in [1.807, 2.05) is 26.8 Å². The molecule has 7 nitrogen and oxygen atoms in total. The van der Waals surface area contributed by atoms with Crippen molar-refractivity contribution < 1.29 is 37.2 Å². The minimum Gasteiger partial charge on any atom is -0.488 e. The van der Waals surface area contributed by atoms with Crippen LogP contribution in [0.2, 0.25) is 0 Å². The Labute approximate surface area is 203 Å². The number of rotatable bonds is 11. The summed E-state index contributed by atoms with van der Waals surface area (Å²) in [6.45, 7) is 6.83. The Morgan fingerprint density at radius 2 is 1.86 bits per heavy atom. The minimum atomic E-state index is -4.85. The Morgan fingerprint density at radius 3 is 2.37 bits per heavy atom. The van der Waals surface area contributed by atoms with Gasteiger partial charge in [-0.05, 0) is 68.6 Å². The zero-order valence-corrected chi connectivity index (χ0v) is 19.9. The van der Waals surface area contributed by atoms with Gasteiger partial charge in [0.25, 0.3) is 5.91 Å². The van der Waals surface area contributed by atoms with Crippen LogP contribution in [0.15, 0.2) is 36.4 Å². The highest BCUT2D eigenvalue weighted by atomic mass is 19.4. The fourth-order valence-corrected chi connectivity index (χ4v) is 3.17. The Kier molecular flexibility index (Phi) is 9.43. The van der Waals surface area contributed by atoms with Crippen LogP contribution >= 0.6 is 0 Å². The SMILES string of the molecule is CCCc1ccc(OCC(C)(C#N)NC(=O)c2ccc(OC(F)(F)F)cc2)c(OC(C)C)c1[B]O. The first-order valence-electron chi connectivity index (χ1n) is 10.9. The molecule has 1 unspecified atom stereocenters. The summed E-state index contributed by atoms with van der Waals surface area (Å²) in [4.78, 5) is 12.6. The second-order valence-corrected chi connectivity index (χ2v) is 8.27. The van der Waals surface area contributed by atoms with Crippen molar-refractivity contribution in [2.24, 2.45) is 0 Å². The molecule has 2 aromatic carbocycles. The van der Waals surface area contributed by atoms with Crippen LogP contribution in [-0.2, 0) is 6.42 Å². The number of aryl methyl sites for hydroxylation is 1. The number of nitrogens with zero attached hydrogens (tertiary/aromatic N) is 1. The van der Waals surface area contributed by atoms with Gasteiger partial charge in [-0.25, -0.2) is 0 Å². The molecule has 11 heteroatoms. The molecule has 0 fully saturated rings. The number of hydrogen-bond donors (Lipinski definition) is 2. The highest BCUT2D eigenvalue weighted by molar-refractivity contribution is 6.48. The van der Waals surface area contributed by atoms with Gasteiger partial charge in [0, 0.05) is 5.56 Å². The normalized spacial score (nSPS) is 12.9. The van der Waals surface area contributed by atoms with Gasteiger partial charge in [-0.2, -0.15) is 5.26 Å². The van der Waals surface area contributed by atoms with Crippen molar-refractivity contribution in [1.82, 2.24) is 5.32 Å². The lowest BCUT2D eigenvalue weighted by Crippen LogP contribution is -2.49. The first kappa shape index (κ1) is 27.9. The molecule has 35 heavy (non-hydrogen) atoms. The largest absolute Gasteiger partial charge is 0.573 e. The van der Waals surface area contributed by atoms with Gasteiger partial charge in [-0.15, -0.1) is 13.2 Å². The molecule has 0 aromatic heterocycles. The van der Waals surface area contributed by atoms with Crippen LogP contribution in [-0.4, -0.2) is 43.0 Å². The van der Waals surface area contributed by atoms with Crippen LogP contribution in [0.3, 0.4) is 0 Å². The lowest BCUT2D eigenvalue weighted by molar-refractivity contribution is -0.274. The number of hydrogen-bond acceptors (Lipinski definition) is 6. The third kappa shape index (κ3) is 8.10. The smallest absolute Gasteiger partial charge is 0.488 e. The number of nitrogens with one attached hydrogen (secondary N) is 1. The average molecular weight is 491 g/mol. The van der Waals surface area contributed by atoms with Gasteiger partial charge in [-0.1, -0.05) is 19.4 Å². The Hall–Kier alpha value is -3.39. The van der Waals surface area contributed by atoms with Crippen molar-refractivity contribution in [3.63, 3.8) is 0 Å². The van der Waals surface area contributed by atoms with Crippen molar-refractivity contribution in [3.8, 4) is 23.3 Å². The van der Waals surface area contributed by atoms with Crippen LogP contribution in [0, 0.1) is 11.3 Å². The maximum atomic E-state index is 12.6. The summed E-state index contributed by atoms with van der Waals surface area (Å²) < 4.78 is 52.5. The minimum absolute atomic E-state index is 0.0333. The number of nitriles is 1. The fraction of sp³-hybridized carbons (Fsp3) is 0.417. The van der Waals surface area contributed by atoms with Crippen LogP contribution in [0.5, 0.6) is 17.2 Å². The summed E-state index contributed by atoms with van der Waals surface area (Å²) in [5.74, 6) is -0.554. The van der Waals surface area contributed by atoms with E-state index in [4.69, 9.17) is 9.47 Å². The molecular weight excluding hydrogens is 464 g/mol. The third-order valence-corrected chi connectivity index (χ3v) is 4.75. The molecule has 1 amide bonds. The number of halogens is 3. The predicted octanol–water partition coefficient (Wildman–Crippen LogP) is 3.65. The van der Waals surface area contributed by atoms with Crippen molar-refractivity contribution in [2.75, 3.05) is 6.61 Å². The number of carbonyl (C=O) groups is 1. The summed E-state index contributed by atoms with van der Waals surface area (Å²) in [7, 11) is 0.951. The molecule has 187 valence electrons. The molecule has 0 aliphatic heterocycles. The van der Waals surface area contributed by atoms with E-state index in [-0.39, 0.29) is 24.0 Å². The molecule has 0 saturated heterocycles. The van der Waals surface area contributed by atoms with Gasteiger partial charge in [0.05, 0.1) is 12.2 Å². The summed E-state index contributed by atoms with van der Waals surface area (Å²) in [5, 5.41) is 22.0. The van der Waals surface area contributed by atoms with Gasteiger partial charge in [0.1, 0.15) is 12.4 Å². The summed E-state index contributed by atoms with van der Waals surface area (Å²) in [5.41, 5.74) is -0.112. The average Bonchev–Trinajstić information content (AvgIpc) is 2.78. The first-order valence-corrected chi connectivity index (χ1v) is 10.9. The molecule has 2 N–H and O–H groups in total. The maximum absolute atomic E-state index is 12.6. The lowest BCUT2D eigenvalue weighted by Gasteiger charge is -2.25. The second kappa shape index (κ2) is 11.8. The summed E-state index contributed by atoms with van der Waals surface area (Å²) in [6, 6.07) is 9.76. The maximum Gasteiger partial charge on any atom is 0.573 e. The van der Waals surface area contributed by atoms with Crippen molar-refractivity contribution in [3.05, 3.63) is 47.5 Å². The van der Waals surface area contributed by atoms with Crippen molar-refractivity contribution in [2.45, 2.75) is 58.5 Å². The number of carbonyl (C=O) groups excluding carboxylic acids is 1. The van der Waals surface area contributed by atoms with E-state index >= 15 is 0 Å². The summed E-state index contributed by atoms with van der Waals surface area (Å²) >= 11 is 0. The Morgan fingerprint density at radius 1 is 1.20 bits per heavy atom. The van der Waals surface area contributed by atoms with Crippen LogP contribution in [0.25, 0.3) is 0 Å². The third-order valence-electron chi connectivity index (χ3n) is 4.75. The van der Waals surface area contributed by atoms with Crippen molar-refractivity contribution >= 4 is 18.9 Å². The van der Waals surface area contributed by atoms with Crippen LogP contribution in [0.1, 0.15) is 50.0 Å². The van der Waals surface area contributed by atoms with Gasteiger partial charge < -0.3 is 24.6 Å². The first-order chi connectivity index (χ1) is 16.4. The molecule has 2 aromatic rings. The van der Waals surface area contributed by atoms with E-state index in [2.05, 4.69) is 10.1 Å². The second-order valence-electron chi connectivity index (χ2n) is 8.27. The quantitative estimate of drug-likeness (QED) is 0.466. The highest BCUT2D eigenvalue weighted by Gasteiger charge is 2.32. The van der Waals surface area contributed by atoms with E-state index < -0.39 is 23.6 Å². The Bertz CT molecular complexity index is 1050. The van der Waals surface area contributed by atoms with Crippen LogP contribution < -0.4 is 25.0 Å². The molecule has 1 radical (unpaired) electrons. The molecule has 0 heterocycles. The number of ether oxygens (including phenoxy) is 3. The molecule has 0 aliphatic carbocycles. The van der Waals surface area contributed by atoms with Crippen LogP contribution in [0.4, 0.5) is 13.2 Å². The molecule has 1 atom stereocenters. The molecule has 0 spiro atoms. The number of amides is 1. The molecule has 2 rings (SSSR count). The Balaban J connectivity index is 2.19. The monoisotopic (exact) mass is 491 g/mol. The van der Waals surface area contributed by atoms with Gasteiger partial charge >= 0.3 is 13.8 Å². The zero-order valence-electron chi connectivity index (χ0n) is 19.9. The number of benzene rings is 2. The van der Waals surface area contributed by atoms with Gasteiger partial charge in [0.2, 0.25) is 0 Å². The zero-order chi connectivity index (χ0) is 26.2. The number of alkyl halides is 3. The lowest BCUT2D eigenvalue weighted by atomic mass is 9.81. The summed E-state index contributed by atoms with van der Waals surface area (Å²) in [6.07, 6.45) is -3.51. The fourth-order valence-electron chi connectivity index (χ4n) is 3.17. The highest BCUT2D eigenvalue weighted by Crippen LogP contribution is 2.29. The van der Waals surface area contributed by atoms with E-state index in [0.717, 1.165) is 43.7 Å². The standard InChI is InChI=1S/C24H27BF3N2O5/c1-5-6-16-9-12-19(21(20(16)25-32)34-15(2)3)33-14-23(4,13-29)30-22(31)17-7-10-18(11-8-17)35-24(26,27)28/h7-12,15,32H,5-6,14H2,1-4H3,(H,30,31). The van der Waals surface area contributed by atoms with E-state index in [0.29, 0.717) is 17.6 Å². The van der Waals surface area contributed by atoms with Crippen molar-refractivity contribution in [1.29, 1.82) is 5.26 Å². The molecule has 0 aliphatic rings. The van der Waals surface area contributed by atoms with Gasteiger partial charge in [-0.3, -0.25) is 4.79 Å². The van der Waals surface area contributed by atoms with E-state index in [1.54, 1.807) is 12.1 Å². The van der Waals surface area contributed by atoms with E-state index in [9.17, 15) is 28.3 Å². The molecular formula is C24H27BF3N2O5.